The van der Waals surface area contributed by atoms with E-state index in [1.165, 1.54) is 0 Å². The lowest BCUT2D eigenvalue weighted by molar-refractivity contribution is -0.130. The van der Waals surface area contributed by atoms with Gasteiger partial charge in [-0.2, -0.15) is 0 Å². The maximum atomic E-state index is 11.2. The molecule has 2 rings (SSSR count). The first-order valence-electron chi connectivity index (χ1n) is 5.92. The van der Waals surface area contributed by atoms with Crippen LogP contribution < -0.4 is 5.73 Å². The summed E-state index contributed by atoms with van der Waals surface area (Å²) in [5, 5.41) is 0. The SMILES string of the molecule is CC(=O)N1CCC(N2CC[C@@H](N)C2)CC1. The molecule has 0 aromatic heterocycles. The van der Waals surface area contributed by atoms with Crippen LogP contribution in [0.4, 0.5) is 0 Å². The Morgan fingerprint density at radius 2 is 1.87 bits per heavy atom. The second-order valence-electron chi connectivity index (χ2n) is 4.78. The quantitative estimate of drug-likeness (QED) is 0.666. The van der Waals surface area contributed by atoms with E-state index in [9.17, 15) is 4.79 Å². The molecule has 86 valence electrons. The van der Waals surface area contributed by atoms with Gasteiger partial charge in [-0.15, -0.1) is 0 Å². The molecule has 2 aliphatic heterocycles. The van der Waals surface area contributed by atoms with Gasteiger partial charge in [0.1, 0.15) is 0 Å². The first-order chi connectivity index (χ1) is 7.16. The minimum Gasteiger partial charge on any atom is -0.343 e. The molecule has 4 nitrogen and oxygen atoms in total. The third-order valence-electron chi connectivity index (χ3n) is 3.68. The summed E-state index contributed by atoms with van der Waals surface area (Å²) >= 11 is 0. The highest BCUT2D eigenvalue weighted by Gasteiger charge is 2.29. The number of carbonyl (C=O) groups is 1. The Bertz CT molecular complexity index is 236. The minimum atomic E-state index is 0.214. The van der Waals surface area contributed by atoms with Crippen molar-refractivity contribution in [3.63, 3.8) is 0 Å². The maximum absolute atomic E-state index is 11.2. The van der Waals surface area contributed by atoms with Gasteiger partial charge in [0, 0.05) is 45.2 Å². The number of nitrogens with two attached hydrogens (primary N) is 1. The van der Waals surface area contributed by atoms with Crippen LogP contribution in [-0.2, 0) is 4.79 Å². The third kappa shape index (κ3) is 2.49. The second kappa shape index (κ2) is 4.49. The molecular formula is C11H21N3O. The molecule has 2 fully saturated rings. The highest BCUT2D eigenvalue weighted by molar-refractivity contribution is 5.73. The molecule has 2 N–H and O–H groups in total. The van der Waals surface area contributed by atoms with Crippen molar-refractivity contribution < 1.29 is 4.79 Å². The van der Waals surface area contributed by atoms with E-state index in [0.29, 0.717) is 12.1 Å². The van der Waals surface area contributed by atoms with Gasteiger partial charge in [-0.25, -0.2) is 0 Å². The summed E-state index contributed by atoms with van der Waals surface area (Å²) in [4.78, 5) is 15.6. The predicted molar refractivity (Wildman–Crippen MR) is 59.4 cm³/mol. The van der Waals surface area contributed by atoms with E-state index in [-0.39, 0.29) is 5.91 Å². The minimum absolute atomic E-state index is 0.214. The summed E-state index contributed by atoms with van der Waals surface area (Å²) in [5.41, 5.74) is 5.90. The average Bonchev–Trinajstić information content (AvgIpc) is 2.65. The molecule has 0 radical (unpaired) electrons. The summed E-state index contributed by atoms with van der Waals surface area (Å²) in [6, 6.07) is 1.03. The molecule has 15 heavy (non-hydrogen) atoms. The fourth-order valence-corrected chi connectivity index (χ4v) is 2.69. The van der Waals surface area contributed by atoms with Crippen LogP contribution in [-0.4, -0.2) is 54.0 Å². The lowest BCUT2D eigenvalue weighted by Gasteiger charge is -2.36. The molecule has 1 amide bonds. The van der Waals surface area contributed by atoms with E-state index in [1.54, 1.807) is 6.92 Å². The van der Waals surface area contributed by atoms with Crippen molar-refractivity contribution in [3.8, 4) is 0 Å². The zero-order chi connectivity index (χ0) is 10.8. The van der Waals surface area contributed by atoms with E-state index >= 15 is 0 Å². The van der Waals surface area contributed by atoms with Gasteiger partial charge in [0.2, 0.25) is 5.91 Å². The van der Waals surface area contributed by atoms with Gasteiger partial charge in [-0.1, -0.05) is 0 Å². The highest BCUT2D eigenvalue weighted by atomic mass is 16.2. The molecule has 2 saturated heterocycles. The number of hydrogen-bond acceptors (Lipinski definition) is 3. The third-order valence-corrected chi connectivity index (χ3v) is 3.68. The number of amides is 1. The smallest absolute Gasteiger partial charge is 0.219 e. The van der Waals surface area contributed by atoms with Gasteiger partial charge in [-0.05, 0) is 19.3 Å². The van der Waals surface area contributed by atoms with Crippen LogP contribution in [0.25, 0.3) is 0 Å². The van der Waals surface area contributed by atoms with Gasteiger partial charge in [0.05, 0.1) is 0 Å². The predicted octanol–water partition coefficient (Wildman–Crippen LogP) is 0.0303. The molecular weight excluding hydrogens is 190 g/mol. The standard InChI is InChI=1S/C11H21N3O/c1-9(15)13-6-3-11(4-7-13)14-5-2-10(12)8-14/h10-11H,2-8,12H2,1H3/t10-/m1/s1. The molecule has 0 saturated carbocycles. The van der Waals surface area contributed by atoms with Gasteiger partial charge >= 0.3 is 0 Å². The summed E-state index contributed by atoms with van der Waals surface area (Å²) in [5.74, 6) is 0.214. The van der Waals surface area contributed by atoms with E-state index in [2.05, 4.69) is 4.90 Å². The summed E-state index contributed by atoms with van der Waals surface area (Å²) in [6.07, 6.45) is 3.37. The zero-order valence-corrected chi connectivity index (χ0v) is 9.48. The first-order valence-corrected chi connectivity index (χ1v) is 5.92. The Morgan fingerprint density at radius 1 is 1.20 bits per heavy atom. The lowest BCUT2D eigenvalue weighted by Crippen LogP contribution is -2.46. The molecule has 0 aliphatic carbocycles. The Morgan fingerprint density at radius 3 is 2.33 bits per heavy atom. The van der Waals surface area contributed by atoms with Crippen molar-refractivity contribution >= 4 is 5.91 Å². The fraction of sp³-hybridized carbons (Fsp3) is 0.909. The zero-order valence-electron chi connectivity index (χ0n) is 9.48. The van der Waals surface area contributed by atoms with E-state index in [0.717, 1.165) is 45.4 Å². The number of nitrogens with zero attached hydrogens (tertiary/aromatic N) is 2. The van der Waals surface area contributed by atoms with Crippen molar-refractivity contribution in [2.24, 2.45) is 5.73 Å². The van der Waals surface area contributed by atoms with Crippen molar-refractivity contribution in [2.75, 3.05) is 26.2 Å². The molecule has 1 atom stereocenters. The van der Waals surface area contributed by atoms with Crippen LogP contribution >= 0.6 is 0 Å². The second-order valence-corrected chi connectivity index (χ2v) is 4.78. The van der Waals surface area contributed by atoms with Crippen molar-refractivity contribution in [1.82, 2.24) is 9.80 Å². The van der Waals surface area contributed by atoms with E-state index in [4.69, 9.17) is 5.73 Å². The summed E-state index contributed by atoms with van der Waals surface area (Å²) in [7, 11) is 0. The van der Waals surface area contributed by atoms with Gasteiger partial charge < -0.3 is 10.6 Å². The van der Waals surface area contributed by atoms with Crippen LogP contribution in [0, 0.1) is 0 Å². The van der Waals surface area contributed by atoms with Crippen LogP contribution in [0.1, 0.15) is 26.2 Å². The lowest BCUT2D eigenvalue weighted by atomic mass is 10.0. The van der Waals surface area contributed by atoms with Gasteiger partial charge in [0.25, 0.3) is 0 Å². The molecule has 0 unspecified atom stereocenters. The van der Waals surface area contributed by atoms with Crippen molar-refractivity contribution in [3.05, 3.63) is 0 Å². The number of rotatable bonds is 1. The Kier molecular flexibility index (Phi) is 3.26. The van der Waals surface area contributed by atoms with Crippen molar-refractivity contribution in [1.29, 1.82) is 0 Å². The molecule has 0 aromatic carbocycles. The maximum Gasteiger partial charge on any atom is 0.219 e. The molecule has 2 heterocycles. The Labute approximate surface area is 91.4 Å². The summed E-state index contributed by atoms with van der Waals surface area (Å²) in [6.45, 7) is 5.69. The average molecular weight is 211 g/mol. The molecule has 0 aromatic rings. The number of hydrogen-bond donors (Lipinski definition) is 1. The molecule has 2 aliphatic rings. The van der Waals surface area contributed by atoms with Crippen LogP contribution in [0.15, 0.2) is 0 Å². The monoisotopic (exact) mass is 211 g/mol. The Hall–Kier alpha value is -0.610. The molecule has 0 bridgehead atoms. The highest BCUT2D eigenvalue weighted by Crippen LogP contribution is 2.20. The normalized spacial score (nSPS) is 29.7. The number of piperidine rings is 1. The van der Waals surface area contributed by atoms with Crippen LogP contribution in [0.2, 0.25) is 0 Å². The van der Waals surface area contributed by atoms with Crippen LogP contribution in [0.3, 0.4) is 0 Å². The van der Waals surface area contributed by atoms with E-state index in [1.807, 2.05) is 4.90 Å². The topological polar surface area (TPSA) is 49.6 Å². The van der Waals surface area contributed by atoms with Crippen LogP contribution in [0.5, 0.6) is 0 Å². The fourth-order valence-electron chi connectivity index (χ4n) is 2.69. The first kappa shape index (κ1) is 10.9. The largest absolute Gasteiger partial charge is 0.343 e. The number of likely N-dealkylation sites (tertiary alicyclic amines) is 2. The molecule has 4 heteroatoms. The van der Waals surface area contributed by atoms with Crippen molar-refractivity contribution in [2.45, 2.75) is 38.3 Å². The number of carbonyl (C=O) groups excluding carboxylic acids is 1. The Balaban J connectivity index is 1.80. The summed E-state index contributed by atoms with van der Waals surface area (Å²) < 4.78 is 0. The van der Waals surface area contributed by atoms with E-state index < -0.39 is 0 Å². The van der Waals surface area contributed by atoms with Gasteiger partial charge in [0.15, 0.2) is 0 Å². The molecule has 0 spiro atoms. The van der Waals surface area contributed by atoms with Gasteiger partial charge in [-0.3, -0.25) is 9.69 Å².